The number of methoxy groups -OCH3 is 1. The van der Waals surface area contributed by atoms with Gasteiger partial charge in [-0.15, -0.1) is 0 Å². The van der Waals surface area contributed by atoms with Crippen molar-refractivity contribution in [3.05, 3.63) is 29.6 Å². The molecule has 1 unspecified atom stereocenters. The summed E-state index contributed by atoms with van der Waals surface area (Å²) in [6, 6.07) is 3.62. The van der Waals surface area contributed by atoms with Crippen molar-refractivity contribution in [3.8, 4) is 5.75 Å². The fraction of sp³-hybridized carbons (Fsp3) is 0.417. The lowest BCUT2D eigenvalue weighted by atomic mass is 10.1. The monoisotopic (exact) mass is 241 g/mol. The molecular formula is C12H16FNO3. The van der Waals surface area contributed by atoms with Crippen molar-refractivity contribution >= 4 is 5.97 Å². The third kappa shape index (κ3) is 3.42. The molecule has 2 atom stereocenters. The van der Waals surface area contributed by atoms with Gasteiger partial charge in [-0.25, -0.2) is 9.18 Å². The molecule has 0 amide bonds. The Bertz CT molecular complexity index is 407. The molecule has 0 aromatic heterocycles. The number of halogens is 1. The molecule has 0 aliphatic carbocycles. The van der Waals surface area contributed by atoms with Crippen LogP contribution in [0.25, 0.3) is 0 Å². The van der Waals surface area contributed by atoms with Crippen molar-refractivity contribution in [1.82, 2.24) is 0 Å². The van der Waals surface area contributed by atoms with E-state index >= 15 is 0 Å². The minimum atomic E-state index is -0.761. The molecular weight excluding hydrogens is 225 g/mol. The van der Waals surface area contributed by atoms with Crippen molar-refractivity contribution in [2.24, 2.45) is 5.73 Å². The van der Waals surface area contributed by atoms with Crippen LogP contribution in [0.1, 0.15) is 25.5 Å². The number of rotatable bonds is 4. The van der Waals surface area contributed by atoms with E-state index in [9.17, 15) is 9.18 Å². The van der Waals surface area contributed by atoms with Gasteiger partial charge < -0.3 is 15.2 Å². The number of hydrogen-bond donors (Lipinski definition) is 1. The van der Waals surface area contributed by atoms with Gasteiger partial charge in [-0.2, -0.15) is 0 Å². The SMILES string of the molecule is COC(=O)C(C)Oc1ccc(F)cc1[C@H](C)N. The molecule has 0 spiro atoms. The molecule has 1 aromatic rings. The van der Waals surface area contributed by atoms with Crippen LogP contribution in [0, 0.1) is 5.82 Å². The molecule has 2 N–H and O–H groups in total. The first-order chi connectivity index (χ1) is 7.95. The molecule has 0 fully saturated rings. The second-order valence-corrected chi connectivity index (χ2v) is 3.75. The maximum Gasteiger partial charge on any atom is 0.346 e. The van der Waals surface area contributed by atoms with E-state index in [-0.39, 0.29) is 6.04 Å². The fourth-order valence-electron chi connectivity index (χ4n) is 1.39. The van der Waals surface area contributed by atoms with E-state index in [1.54, 1.807) is 13.8 Å². The molecule has 0 bridgehead atoms. The highest BCUT2D eigenvalue weighted by molar-refractivity contribution is 5.74. The minimum Gasteiger partial charge on any atom is -0.479 e. The molecule has 0 aliphatic heterocycles. The lowest BCUT2D eigenvalue weighted by Gasteiger charge is -2.17. The van der Waals surface area contributed by atoms with Gasteiger partial charge in [0.15, 0.2) is 6.10 Å². The average molecular weight is 241 g/mol. The number of carbonyl (C=O) groups excluding carboxylic acids is 1. The van der Waals surface area contributed by atoms with E-state index in [0.29, 0.717) is 11.3 Å². The molecule has 4 nitrogen and oxygen atoms in total. The number of benzene rings is 1. The number of esters is 1. The Hall–Kier alpha value is -1.62. The van der Waals surface area contributed by atoms with Crippen LogP contribution in [0.15, 0.2) is 18.2 Å². The third-order valence-corrected chi connectivity index (χ3v) is 2.30. The van der Waals surface area contributed by atoms with Crippen molar-refractivity contribution in [1.29, 1.82) is 0 Å². The van der Waals surface area contributed by atoms with Crippen LogP contribution in [0.5, 0.6) is 5.75 Å². The summed E-state index contributed by atoms with van der Waals surface area (Å²) in [5.41, 5.74) is 6.22. The number of hydrogen-bond acceptors (Lipinski definition) is 4. The quantitative estimate of drug-likeness (QED) is 0.816. The first-order valence-corrected chi connectivity index (χ1v) is 5.25. The van der Waals surface area contributed by atoms with Crippen molar-refractivity contribution in [3.63, 3.8) is 0 Å². The molecule has 94 valence electrons. The van der Waals surface area contributed by atoms with E-state index in [1.165, 1.54) is 25.3 Å². The molecule has 1 rings (SSSR count). The Labute approximate surface area is 99.5 Å². The summed E-state index contributed by atoms with van der Waals surface area (Å²) < 4.78 is 23.0. The van der Waals surface area contributed by atoms with Gasteiger partial charge in [-0.1, -0.05) is 0 Å². The zero-order valence-electron chi connectivity index (χ0n) is 10.1. The van der Waals surface area contributed by atoms with Crippen LogP contribution in [-0.4, -0.2) is 19.2 Å². The highest BCUT2D eigenvalue weighted by atomic mass is 19.1. The van der Waals surface area contributed by atoms with Gasteiger partial charge in [-0.05, 0) is 32.0 Å². The van der Waals surface area contributed by atoms with Crippen molar-refractivity contribution in [2.45, 2.75) is 26.0 Å². The van der Waals surface area contributed by atoms with Gasteiger partial charge in [-0.3, -0.25) is 0 Å². The number of carbonyl (C=O) groups is 1. The Balaban J connectivity index is 2.94. The van der Waals surface area contributed by atoms with Gasteiger partial charge in [0, 0.05) is 11.6 Å². The van der Waals surface area contributed by atoms with Crippen LogP contribution in [-0.2, 0) is 9.53 Å². The third-order valence-electron chi connectivity index (χ3n) is 2.30. The molecule has 0 aliphatic rings. The normalized spacial score (nSPS) is 13.9. The number of nitrogens with two attached hydrogens (primary N) is 1. The van der Waals surface area contributed by atoms with E-state index in [0.717, 1.165) is 0 Å². The van der Waals surface area contributed by atoms with Gasteiger partial charge >= 0.3 is 5.97 Å². The summed E-state index contributed by atoms with van der Waals surface area (Å²) in [6.45, 7) is 3.27. The summed E-state index contributed by atoms with van der Waals surface area (Å²) in [5, 5.41) is 0. The predicted molar refractivity (Wildman–Crippen MR) is 61.1 cm³/mol. The zero-order valence-corrected chi connectivity index (χ0v) is 10.1. The van der Waals surface area contributed by atoms with Gasteiger partial charge in [0.25, 0.3) is 0 Å². The number of ether oxygens (including phenoxy) is 2. The standard InChI is InChI=1S/C12H16FNO3/c1-7(14)10-6-9(13)4-5-11(10)17-8(2)12(15)16-3/h4-8H,14H2,1-3H3/t7-,8?/m0/s1. The lowest BCUT2D eigenvalue weighted by molar-refractivity contribution is -0.147. The summed E-state index contributed by atoms with van der Waals surface area (Å²) >= 11 is 0. The topological polar surface area (TPSA) is 61.5 Å². The molecule has 0 saturated carbocycles. The molecule has 1 aromatic carbocycles. The van der Waals surface area contributed by atoms with Crippen molar-refractivity contribution in [2.75, 3.05) is 7.11 Å². The highest BCUT2D eigenvalue weighted by Gasteiger charge is 2.18. The summed E-state index contributed by atoms with van der Waals surface area (Å²) in [7, 11) is 1.28. The molecule has 0 saturated heterocycles. The largest absolute Gasteiger partial charge is 0.479 e. The average Bonchev–Trinajstić information content (AvgIpc) is 2.29. The summed E-state index contributed by atoms with van der Waals surface area (Å²) in [4.78, 5) is 11.2. The Kier molecular flexibility index (Phi) is 4.45. The Morgan fingerprint density at radius 3 is 2.59 bits per heavy atom. The smallest absolute Gasteiger partial charge is 0.346 e. The Morgan fingerprint density at radius 1 is 1.41 bits per heavy atom. The molecule has 0 radical (unpaired) electrons. The van der Waals surface area contributed by atoms with Gasteiger partial charge in [0.05, 0.1) is 7.11 Å². The van der Waals surface area contributed by atoms with E-state index < -0.39 is 17.9 Å². The maximum absolute atomic E-state index is 13.1. The summed E-state index contributed by atoms with van der Waals surface area (Å²) in [6.07, 6.45) is -0.761. The van der Waals surface area contributed by atoms with E-state index in [2.05, 4.69) is 4.74 Å². The predicted octanol–water partition coefficient (Wildman–Crippen LogP) is 1.79. The lowest BCUT2D eigenvalue weighted by Crippen LogP contribution is -2.25. The van der Waals surface area contributed by atoms with Crippen LogP contribution in [0.3, 0.4) is 0 Å². The van der Waals surface area contributed by atoms with Crippen LogP contribution in [0.4, 0.5) is 4.39 Å². The Morgan fingerprint density at radius 2 is 2.06 bits per heavy atom. The second kappa shape index (κ2) is 5.63. The van der Waals surface area contributed by atoms with Gasteiger partial charge in [0.2, 0.25) is 0 Å². The zero-order chi connectivity index (χ0) is 13.0. The van der Waals surface area contributed by atoms with Crippen LogP contribution in [0.2, 0.25) is 0 Å². The first kappa shape index (κ1) is 13.4. The maximum atomic E-state index is 13.1. The van der Waals surface area contributed by atoms with Crippen molar-refractivity contribution < 1.29 is 18.7 Å². The minimum absolute atomic E-state index is 0.384. The van der Waals surface area contributed by atoms with E-state index in [1.807, 2.05) is 0 Å². The molecule has 0 heterocycles. The summed E-state index contributed by atoms with van der Waals surface area (Å²) in [5.74, 6) is -0.500. The molecule has 5 heteroatoms. The second-order valence-electron chi connectivity index (χ2n) is 3.75. The molecule has 17 heavy (non-hydrogen) atoms. The van der Waals surface area contributed by atoms with Crippen LogP contribution >= 0.6 is 0 Å². The van der Waals surface area contributed by atoms with E-state index in [4.69, 9.17) is 10.5 Å². The van der Waals surface area contributed by atoms with Gasteiger partial charge in [0.1, 0.15) is 11.6 Å². The fourth-order valence-corrected chi connectivity index (χ4v) is 1.39. The first-order valence-electron chi connectivity index (χ1n) is 5.25. The highest BCUT2D eigenvalue weighted by Crippen LogP contribution is 2.25. The van der Waals surface area contributed by atoms with Crippen LogP contribution < -0.4 is 10.5 Å².